The highest BCUT2D eigenvalue weighted by atomic mass is 32.2. The third kappa shape index (κ3) is 1.63. The van der Waals surface area contributed by atoms with Gasteiger partial charge >= 0.3 is 0 Å². The van der Waals surface area contributed by atoms with E-state index in [0.717, 1.165) is 30.3 Å². The topological polar surface area (TPSA) is 28.0 Å². The van der Waals surface area contributed by atoms with Gasteiger partial charge in [0.05, 0.1) is 17.9 Å². The summed E-state index contributed by atoms with van der Waals surface area (Å²) >= 11 is 1.90. The maximum absolute atomic E-state index is 4.31. The Morgan fingerprint density at radius 1 is 1.25 bits per heavy atom. The van der Waals surface area contributed by atoms with Gasteiger partial charge in [0.25, 0.3) is 0 Å². The summed E-state index contributed by atoms with van der Waals surface area (Å²) in [7, 11) is 0. The Balaban J connectivity index is 2.09. The summed E-state index contributed by atoms with van der Waals surface area (Å²) in [6.45, 7) is 2.90. The third-order valence-electron chi connectivity index (χ3n) is 2.77. The van der Waals surface area contributed by atoms with Crippen molar-refractivity contribution in [1.82, 2.24) is 0 Å². The van der Waals surface area contributed by atoms with Crippen LogP contribution in [0.1, 0.15) is 13.3 Å². The van der Waals surface area contributed by atoms with Crippen molar-refractivity contribution in [2.24, 2.45) is 10.2 Å². The summed E-state index contributed by atoms with van der Waals surface area (Å²) in [6, 6.07) is 8.54. The molecule has 0 unspecified atom stereocenters. The summed E-state index contributed by atoms with van der Waals surface area (Å²) < 4.78 is 0. The average molecular weight is 231 g/mol. The molecule has 2 aliphatic rings. The van der Waals surface area contributed by atoms with Gasteiger partial charge in [0.2, 0.25) is 0 Å². The quantitative estimate of drug-likeness (QED) is 0.686. The smallest absolute Gasteiger partial charge is 0.133 e. The molecule has 2 heterocycles. The largest absolute Gasteiger partial charge is 0.322 e. The van der Waals surface area contributed by atoms with Gasteiger partial charge in [-0.2, -0.15) is 5.10 Å². The molecule has 0 N–H and O–H groups in total. The van der Waals surface area contributed by atoms with Crippen LogP contribution >= 0.6 is 11.8 Å². The second kappa shape index (κ2) is 3.94. The highest BCUT2D eigenvalue weighted by Gasteiger charge is 2.23. The molecular weight excluding hydrogens is 218 g/mol. The first-order chi connectivity index (χ1) is 7.84. The fourth-order valence-electron chi connectivity index (χ4n) is 2.01. The van der Waals surface area contributed by atoms with Gasteiger partial charge in [-0.05, 0) is 19.1 Å². The predicted octanol–water partition coefficient (Wildman–Crippen LogP) is 2.78. The van der Waals surface area contributed by atoms with E-state index >= 15 is 0 Å². The van der Waals surface area contributed by atoms with Crippen LogP contribution in [0.25, 0.3) is 0 Å². The first-order valence-electron chi connectivity index (χ1n) is 5.44. The summed E-state index contributed by atoms with van der Waals surface area (Å²) in [5, 5.41) is 8.49. The van der Waals surface area contributed by atoms with Crippen molar-refractivity contribution in [1.29, 1.82) is 0 Å². The van der Waals surface area contributed by atoms with Crippen molar-refractivity contribution in [3.8, 4) is 0 Å². The Morgan fingerprint density at radius 3 is 3.06 bits per heavy atom. The van der Waals surface area contributed by atoms with Gasteiger partial charge in [-0.15, -0.1) is 16.9 Å². The second-order valence-electron chi connectivity index (χ2n) is 4.00. The molecule has 1 aromatic rings. The second-order valence-corrected chi connectivity index (χ2v) is 5.14. The van der Waals surface area contributed by atoms with Gasteiger partial charge < -0.3 is 4.90 Å². The molecule has 0 aromatic heterocycles. The molecule has 3 rings (SSSR count). The number of nitrogens with zero attached hydrogens (tertiary/aromatic N) is 3. The number of hydrogen-bond acceptors (Lipinski definition) is 4. The van der Waals surface area contributed by atoms with Crippen molar-refractivity contribution in [3.63, 3.8) is 0 Å². The van der Waals surface area contributed by atoms with Gasteiger partial charge in [0.15, 0.2) is 0 Å². The monoisotopic (exact) mass is 231 g/mol. The van der Waals surface area contributed by atoms with Crippen molar-refractivity contribution < 1.29 is 0 Å². The lowest BCUT2D eigenvalue weighted by Crippen LogP contribution is -2.37. The maximum Gasteiger partial charge on any atom is 0.133 e. The molecule has 16 heavy (non-hydrogen) atoms. The minimum atomic E-state index is 0.871. The van der Waals surface area contributed by atoms with E-state index in [0.29, 0.717) is 0 Å². The van der Waals surface area contributed by atoms with Crippen molar-refractivity contribution in [2.45, 2.75) is 18.2 Å². The average Bonchev–Trinajstić information content (AvgIpc) is 2.48. The first kappa shape index (κ1) is 9.90. The Bertz CT molecular complexity index is 479. The molecule has 82 valence electrons. The van der Waals surface area contributed by atoms with E-state index in [1.807, 2.05) is 18.7 Å². The van der Waals surface area contributed by atoms with Crippen LogP contribution in [0.5, 0.6) is 0 Å². The molecule has 0 aliphatic carbocycles. The van der Waals surface area contributed by atoms with Crippen LogP contribution in [0.3, 0.4) is 0 Å². The molecule has 0 atom stereocenters. The number of hydrogen-bond donors (Lipinski definition) is 0. The number of thioether (sulfide) groups is 1. The summed E-state index contributed by atoms with van der Waals surface area (Å²) in [5.74, 6) is 2.18. The number of para-hydroxylation sites is 1. The Morgan fingerprint density at radius 2 is 2.12 bits per heavy atom. The zero-order chi connectivity index (χ0) is 11.0. The molecular formula is C12H13N3S. The van der Waals surface area contributed by atoms with Crippen LogP contribution < -0.4 is 4.90 Å². The van der Waals surface area contributed by atoms with E-state index in [2.05, 4.69) is 39.4 Å². The van der Waals surface area contributed by atoms with Gasteiger partial charge in [0, 0.05) is 17.1 Å². The van der Waals surface area contributed by atoms with Crippen molar-refractivity contribution >= 4 is 29.0 Å². The normalized spacial score (nSPS) is 19.2. The van der Waals surface area contributed by atoms with Gasteiger partial charge in [-0.25, -0.2) is 0 Å². The van der Waals surface area contributed by atoms with Gasteiger partial charge in [-0.3, -0.25) is 0 Å². The molecule has 0 saturated carbocycles. The van der Waals surface area contributed by atoms with Crippen molar-refractivity contribution in [3.05, 3.63) is 24.3 Å². The Hall–Kier alpha value is -1.29. The van der Waals surface area contributed by atoms with Crippen LogP contribution in [0.15, 0.2) is 39.4 Å². The molecule has 0 radical (unpaired) electrons. The summed E-state index contributed by atoms with van der Waals surface area (Å²) in [6.07, 6.45) is 0.996. The SMILES string of the molecule is CC1=NN=C2CCSc3ccccc3N2C1. The molecule has 0 spiro atoms. The first-order valence-corrected chi connectivity index (χ1v) is 6.42. The van der Waals surface area contributed by atoms with Crippen LogP contribution in [-0.4, -0.2) is 23.8 Å². The minimum absolute atomic E-state index is 0.871. The lowest BCUT2D eigenvalue weighted by molar-refractivity contribution is 1.01. The lowest BCUT2D eigenvalue weighted by atomic mass is 10.2. The number of benzene rings is 1. The zero-order valence-corrected chi connectivity index (χ0v) is 10.00. The van der Waals surface area contributed by atoms with E-state index in [9.17, 15) is 0 Å². The highest BCUT2D eigenvalue weighted by Crippen LogP contribution is 2.34. The molecule has 3 nitrogen and oxygen atoms in total. The molecule has 0 saturated heterocycles. The van der Waals surface area contributed by atoms with E-state index < -0.39 is 0 Å². The Kier molecular flexibility index (Phi) is 2.44. The lowest BCUT2D eigenvalue weighted by Gasteiger charge is -2.27. The number of anilines is 1. The van der Waals surface area contributed by atoms with E-state index in [1.54, 1.807) is 0 Å². The molecule has 1 aromatic carbocycles. The molecule has 0 bridgehead atoms. The fourth-order valence-corrected chi connectivity index (χ4v) is 3.02. The number of fused-ring (bicyclic) bond motifs is 3. The van der Waals surface area contributed by atoms with Crippen LogP contribution in [0, 0.1) is 0 Å². The Labute approximate surface area is 99.3 Å². The molecule has 4 heteroatoms. The maximum atomic E-state index is 4.31. The van der Waals surface area contributed by atoms with Crippen LogP contribution in [0.2, 0.25) is 0 Å². The summed E-state index contributed by atoms with van der Waals surface area (Å²) in [5.41, 5.74) is 2.35. The van der Waals surface area contributed by atoms with Crippen LogP contribution in [-0.2, 0) is 0 Å². The van der Waals surface area contributed by atoms with E-state index in [-0.39, 0.29) is 0 Å². The third-order valence-corrected chi connectivity index (χ3v) is 3.84. The molecule has 2 aliphatic heterocycles. The van der Waals surface area contributed by atoms with Gasteiger partial charge in [-0.1, -0.05) is 12.1 Å². The highest BCUT2D eigenvalue weighted by molar-refractivity contribution is 7.99. The molecule has 0 amide bonds. The number of rotatable bonds is 0. The van der Waals surface area contributed by atoms with Gasteiger partial charge in [0.1, 0.15) is 5.84 Å². The number of amidine groups is 1. The zero-order valence-electron chi connectivity index (χ0n) is 9.18. The van der Waals surface area contributed by atoms with E-state index in [4.69, 9.17) is 0 Å². The fraction of sp³-hybridized carbons (Fsp3) is 0.333. The predicted molar refractivity (Wildman–Crippen MR) is 69.7 cm³/mol. The van der Waals surface area contributed by atoms with Crippen LogP contribution in [0.4, 0.5) is 5.69 Å². The van der Waals surface area contributed by atoms with E-state index in [1.165, 1.54) is 10.6 Å². The minimum Gasteiger partial charge on any atom is -0.322 e. The standard InChI is InChI=1S/C12H13N3S/c1-9-8-15-10-4-2-3-5-11(10)16-7-6-12(15)14-13-9/h2-5H,6-8H2,1H3. The molecule has 0 fully saturated rings. The summed E-state index contributed by atoms with van der Waals surface area (Å²) in [4.78, 5) is 3.64. The van der Waals surface area contributed by atoms with Crippen molar-refractivity contribution in [2.75, 3.05) is 17.2 Å².